The predicted molar refractivity (Wildman–Crippen MR) is 66.4 cm³/mol. The molecule has 0 aromatic carbocycles. The molecule has 0 saturated carbocycles. The van der Waals surface area contributed by atoms with Crippen molar-refractivity contribution in [3.63, 3.8) is 0 Å². The Kier molecular flexibility index (Phi) is 3.88. The van der Waals surface area contributed by atoms with E-state index in [0.717, 1.165) is 11.4 Å². The van der Waals surface area contributed by atoms with Gasteiger partial charge in [-0.15, -0.1) is 0 Å². The van der Waals surface area contributed by atoms with Gasteiger partial charge in [-0.05, 0) is 32.4 Å². The molecular weight excluding hydrogens is 202 g/mol. The third kappa shape index (κ3) is 3.79. The molecule has 1 aromatic rings. The summed E-state index contributed by atoms with van der Waals surface area (Å²) in [6.07, 6.45) is 1.78. The fraction of sp³-hybridized carbons (Fsp3) is 0.583. The highest BCUT2D eigenvalue weighted by Crippen LogP contribution is 2.15. The molecule has 1 heterocycles. The standard InChI is InChI=1S/C12H21N3O/c1-9(13)10-5-6-11(14-7-10)15(4)8-12(2,3)16/h5-7,9,16H,8,13H2,1-4H3/t9-/m1/s1. The molecule has 0 spiro atoms. The number of aliphatic hydroxyl groups is 1. The second kappa shape index (κ2) is 4.80. The van der Waals surface area contributed by atoms with Crippen LogP contribution in [0.25, 0.3) is 0 Å². The van der Waals surface area contributed by atoms with E-state index < -0.39 is 5.60 Å². The highest BCUT2D eigenvalue weighted by molar-refractivity contribution is 5.39. The highest BCUT2D eigenvalue weighted by atomic mass is 16.3. The van der Waals surface area contributed by atoms with E-state index in [0.29, 0.717) is 6.54 Å². The summed E-state index contributed by atoms with van der Waals surface area (Å²) in [6.45, 7) is 6.02. The maximum Gasteiger partial charge on any atom is 0.128 e. The lowest BCUT2D eigenvalue weighted by atomic mass is 10.1. The van der Waals surface area contributed by atoms with Gasteiger partial charge in [0.15, 0.2) is 0 Å². The normalized spacial score (nSPS) is 13.6. The molecule has 3 N–H and O–H groups in total. The van der Waals surface area contributed by atoms with Crippen molar-refractivity contribution >= 4 is 5.82 Å². The maximum atomic E-state index is 9.70. The van der Waals surface area contributed by atoms with Gasteiger partial charge in [0.25, 0.3) is 0 Å². The largest absolute Gasteiger partial charge is 0.389 e. The summed E-state index contributed by atoms with van der Waals surface area (Å²) >= 11 is 0. The quantitative estimate of drug-likeness (QED) is 0.808. The van der Waals surface area contributed by atoms with E-state index in [9.17, 15) is 5.11 Å². The molecule has 16 heavy (non-hydrogen) atoms. The average molecular weight is 223 g/mol. The Balaban J connectivity index is 2.74. The van der Waals surface area contributed by atoms with Crippen molar-refractivity contribution in [2.24, 2.45) is 5.73 Å². The minimum absolute atomic E-state index is 0.00105. The molecule has 90 valence electrons. The Morgan fingerprint density at radius 2 is 2.12 bits per heavy atom. The van der Waals surface area contributed by atoms with Crippen LogP contribution in [0.1, 0.15) is 32.4 Å². The van der Waals surface area contributed by atoms with Crippen LogP contribution in [0.5, 0.6) is 0 Å². The summed E-state index contributed by atoms with van der Waals surface area (Å²) in [7, 11) is 1.91. The Labute approximate surface area is 97.1 Å². The van der Waals surface area contributed by atoms with Crippen LogP contribution in [0.15, 0.2) is 18.3 Å². The van der Waals surface area contributed by atoms with Crippen LogP contribution in [-0.2, 0) is 0 Å². The molecule has 4 nitrogen and oxygen atoms in total. The molecule has 0 aliphatic heterocycles. The molecule has 1 aromatic heterocycles. The fourth-order valence-corrected chi connectivity index (χ4v) is 1.55. The lowest BCUT2D eigenvalue weighted by molar-refractivity contribution is 0.0884. The molecule has 0 amide bonds. The minimum Gasteiger partial charge on any atom is -0.389 e. The second-order valence-electron chi connectivity index (χ2n) is 4.91. The van der Waals surface area contributed by atoms with Crippen molar-refractivity contribution < 1.29 is 5.11 Å². The van der Waals surface area contributed by atoms with Gasteiger partial charge in [0.05, 0.1) is 5.60 Å². The zero-order valence-corrected chi connectivity index (χ0v) is 10.4. The number of nitrogens with zero attached hydrogens (tertiary/aromatic N) is 2. The van der Waals surface area contributed by atoms with Crippen LogP contribution in [0, 0.1) is 0 Å². The lowest BCUT2D eigenvalue weighted by Crippen LogP contribution is -2.36. The lowest BCUT2D eigenvalue weighted by Gasteiger charge is -2.26. The Bertz CT molecular complexity index is 327. The van der Waals surface area contributed by atoms with Crippen LogP contribution < -0.4 is 10.6 Å². The molecule has 1 rings (SSSR count). The van der Waals surface area contributed by atoms with E-state index in [1.54, 1.807) is 20.0 Å². The van der Waals surface area contributed by atoms with E-state index in [1.165, 1.54) is 0 Å². The fourth-order valence-electron chi connectivity index (χ4n) is 1.55. The van der Waals surface area contributed by atoms with Crippen molar-refractivity contribution in [3.05, 3.63) is 23.9 Å². The Hall–Kier alpha value is -1.13. The molecule has 0 aliphatic rings. The first-order valence-electron chi connectivity index (χ1n) is 5.44. The van der Waals surface area contributed by atoms with E-state index in [-0.39, 0.29) is 6.04 Å². The van der Waals surface area contributed by atoms with Gasteiger partial charge in [0.1, 0.15) is 5.82 Å². The topological polar surface area (TPSA) is 62.4 Å². The average Bonchev–Trinajstić information content (AvgIpc) is 2.15. The number of rotatable bonds is 4. The number of likely N-dealkylation sites (N-methyl/N-ethyl adjacent to an activating group) is 1. The van der Waals surface area contributed by atoms with Crippen molar-refractivity contribution in [1.82, 2.24) is 4.98 Å². The summed E-state index contributed by atoms with van der Waals surface area (Å²) in [5.74, 6) is 0.839. The Morgan fingerprint density at radius 3 is 2.50 bits per heavy atom. The minimum atomic E-state index is -0.726. The van der Waals surface area contributed by atoms with E-state index in [1.807, 2.05) is 31.0 Å². The maximum absolute atomic E-state index is 9.70. The van der Waals surface area contributed by atoms with Crippen molar-refractivity contribution in [3.8, 4) is 0 Å². The summed E-state index contributed by atoms with van der Waals surface area (Å²) in [5.41, 5.74) is 6.04. The molecule has 4 heteroatoms. The van der Waals surface area contributed by atoms with Crippen LogP contribution in [0.3, 0.4) is 0 Å². The van der Waals surface area contributed by atoms with Gasteiger partial charge in [-0.25, -0.2) is 4.98 Å². The van der Waals surface area contributed by atoms with Gasteiger partial charge in [-0.3, -0.25) is 0 Å². The molecule has 0 saturated heterocycles. The number of anilines is 1. The SMILES string of the molecule is C[C@@H](N)c1ccc(N(C)CC(C)(C)O)nc1. The zero-order valence-electron chi connectivity index (χ0n) is 10.4. The third-order valence-corrected chi connectivity index (χ3v) is 2.31. The first-order chi connectivity index (χ1) is 7.29. The van der Waals surface area contributed by atoms with Crippen LogP contribution >= 0.6 is 0 Å². The molecule has 0 radical (unpaired) electrons. The van der Waals surface area contributed by atoms with Gasteiger partial charge in [-0.2, -0.15) is 0 Å². The molecule has 0 aliphatic carbocycles. The third-order valence-electron chi connectivity index (χ3n) is 2.31. The van der Waals surface area contributed by atoms with Gasteiger partial charge >= 0.3 is 0 Å². The Morgan fingerprint density at radius 1 is 1.50 bits per heavy atom. The van der Waals surface area contributed by atoms with Gasteiger partial charge < -0.3 is 15.7 Å². The first kappa shape index (κ1) is 12.9. The van der Waals surface area contributed by atoms with Gasteiger partial charge in [0.2, 0.25) is 0 Å². The molecule has 0 bridgehead atoms. The van der Waals surface area contributed by atoms with Crippen LogP contribution in [0.4, 0.5) is 5.82 Å². The van der Waals surface area contributed by atoms with Gasteiger partial charge in [0, 0.05) is 25.8 Å². The number of pyridine rings is 1. The number of hydrogen-bond donors (Lipinski definition) is 2. The van der Waals surface area contributed by atoms with E-state index in [2.05, 4.69) is 4.98 Å². The smallest absolute Gasteiger partial charge is 0.128 e. The summed E-state index contributed by atoms with van der Waals surface area (Å²) in [4.78, 5) is 6.24. The molecule has 1 atom stereocenters. The molecular formula is C12H21N3O. The van der Waals surface area contributed by atoms with Crippen molar-refractivity contribution in [2.75, 3.05) is 18.5 Å². The molecule has 0 unspecified atom stereocenters. The zero-order chi connectivity index (χ0) is 12.3. The number of hydrogen-bond acceptors (Lipinski definition) is 4. The summed E-state index contributed by atoms with van der Waals surface area (Å²) < 4.78 is 0. The van der Waals surface area contributed by atoms with Crippen LogP contribution in [-0.4, -0.2) is 29.3 Å². The predicted octanol–water partition coefficient (Wildman–Crippen LogP) is 1.31. The van der Waals surface area contributed by atoms with E-state index >= 15 is 0 Å². The van der Waals surface area contributed by atoms with Crippen molar-refractivity contribution in [1.29, 1.82) is 0 Å². The number of aromatic nitrogens is 1. The first-order valence-corrected chi connectivity index (χ1v) is 5.44. The summed E-state index contributed by atoms with van der Waals surface area (Å²) in [5, 5.41) is 9.70. The van der Waals surface area contributed by atoms with Crippen LogP contribution in [0.2, 0.25) is 0 Å². The summed E-state index contributed by atoms with van der Waals surface area (Å²) in [6, 6.07) is 3.89. The monoisotopic (exact) mass is 223 g/mol. The van der Waals surface area contributed by atoms with E-state index in [4.69, 9.17) is 5.73 Å². The number of nitrogens with two attached hydrogens (primary N) is 1. The molecule has 0 fully saturated rings. The second-order valence-corrected chi connectivity index (χ2v) is 4.91. The highest BCUT2D eigenvalue weighted by Gasteiger charge is 2.16. The van der Waals surface area contributed by atoms with Gasteiger partial charge in [-0.1, -0.05) is 6.07 Å². The van der Waals surface area contributed by atoms with Crippen molar-refractivity contribution in [2.45, 2.75) is 32.4 Å².